The standard InChI is InChI=1S/C26H33FN6/c1-7-11-15(3)26(6)17(5)31-24-21(26)23(29)32-25(33-24)22(28)16(4)20(8-2)30-14-18-12-9-10-13-19(18)27/h9-10,12-13H,3,5,7-8,11,14,28H2,1-2,4,6H3,(H3,29,31,32,33). The van der Waals surface area contributed by atoms with Crippen molar-refractivity contribution in [2.24, 2.45) is 10.7 Å². The highest BCUT2D eigenvalue weighted by molar-refractivity contribution is 6.05. The van der Waals surface area contributed by atoms with E-state index in [4.69, 9.17) is 11.5 Å². The van der Waals surface area contributed by atoms with E-state index < -0.39 is 5.41 Å². The Bertz CT molecular complexity index is 1160. The molecule has 33 heavy (non-hydrogen) atoms. The van der Waals surface area contributed by atoms with E-state index in [1.54, 1.807) is 18.2 Å². The number of fused-ring (bicyclic) bond motifs is 1. The second kappa shape index (κ2) is 9.57. The first-order valence-electron chi connectivity index (χ1n) is 11.2. The number of benzene rings is 1. The summed E-state index contributed by atoms with van der Waals surface area (Å²) in [7, 11) is 0. The minimum Gasteiger partial charge on any atom is -0.395 e. The third-order valence-electron chi connectivity index (χ3n) is 6.38. The number of nitrogens with two attached hydrogens (primary N) is 2. The normalized spacial score (nSPS) is 18.6. The Morgan fingerprint density at radius 3 is 2.58 bits per heavy atom. The van der Waals surface area contributed by atoms with Crippen LogP contribution in [-0.4, -0.2) is 15.7 Å². The molecule has 7 heteroatoms. The monoisotopic (exact) mass is 448 g/mol. The van der Waals surface area contributed by atoms with E-state index in [1.807, 2.05) is 20.8 Å². The van der Waals surface area contributed by atoms with Gasteiger partial charge < -0.3 is 16.8 Å². The number of allylic oxidation sites excluding steroid dienone is 2. The number of nitrogens with one attached hydrogen (secondary N) is 1. The predicted molar refractivity (Wildman–Crippen MR) is 135 cm³/mol. The number of rotatable bonds is 8. The lowest BCUT2D eigenvalue weighted by Crippen LogP contribution is -2.25. The number of aliphatic imine (C=N–C) groups is 1. The Balaban J connectivity index is 1.99. The molecule has 2 heterocycles. The van der Waals surface area contributed by atoms with Crippen LogP contribution in [0.5, 0.6) is 0 Å². The summed E-state index contributed by atoms with van der Waals surface area (Å²) in [5, 5.41) is 3.26. The molecule has 1 unspecified atom stereocenters. The van der Waals surface area contributed by atoms with E-state index in [9.17, 15) is 4.39 Å². The van der Waals surface area contributed by atoms with Crippen molar-refractivity contribution in [3.63, 3.8) is 0 Å². The summed E-state index contributed by atoms with van der Waals surface area (Å²) >= 11 is 0. The molecule has 0 spiro atoms. The zero-order valence-corrected chi connectivity index (χ0v) is 19.9. The van der Waals surface area contributed by atoms with Crippen LogP contribution in [0, 0.1) is 5.82 Å². The van der Waals surface area contributed by atoms with E-state index in [0.29, 0.717) is 35.1 Å². The molecule has 174 valence electrons. The number of aromatic nitrogens is 2. The van der Waals surface area contributed by atoms with Crippen molar-refractivity contribution in [3.8, 4) is 0 Å². The highest BCUT2D eigenvalue weighted by Crippen LogP contribution is 2.49. The maximum absolute atomic E-state index is 14.0. The van der Waals surface area contributed by atoms with Crippen molar-refractivity contribution in [2.45, 2.75) is 58.9 Å². The smallest absolute Gasteiger partial charge is 0.179 e. The summed E-state index contributed by atoms with van der Waals surface area (Å²) in [5.74, 6) is 0.985. The number of nitrogen functional groups attached to an aromatic ring is 1. The van der Waals surface area contributed by atoms with Crippen LogP contribution in [0.3, 0.4) is 0 Å². The molecule has 1 aliphatic heterocycles. The molecular formula is C26H33FN6. The Kier molecular flexibility index (Phi) is 7.01. The van der Waals surface area contributed by atoms with Crippen LogP contribution in [-0.2, 0) is 12.0 Å². The Labute approximate surface area is 195 Å². The second-order valence-corrected chi connectivity index (χ2v) is 8.48. The third-order valence-corrected chi connectivity index (χ3v) is 6.38. The molecule has 1 aromatic heterocycles. The largest absolute Gasteiger partial charge is 0.395 e. The van der Waals surface area contributed by atoms with Gasteiger partial charge in [0.2, 0.25) is 0 Å². The summed E-state index contributed by atoms with van der Waals surface area (Å²) in [6.45, 7) is 16.7. The van der Waals surface area contributed by atoms with E-state index in [0.717, 1.165) is 41.0 Å². The average Bonchev–Trinajstić information content (AvgIpc) is 3.06. The zero-order chi connectivity index (χ0) is 24.3. The van der Waals surface area contributed by atoms with Crippen molar-refractivity contribution in [3.05, 3.63) is 77.0 Å². The lowest BCUT2D eigenvalue weighted by atomic mass is 9.75. The fourth-order valence-corrected chi connectivity index (χ4v) is 4.17. The van der Waals surface area contributed by atoms with Gasteiger partial charge in [0, 0.05) is 17.0 Å². The first-order chi connectivity index (χ1) is 15.6. The predicted octanol–water partition coefficient (Wildman–Crippen LogP) is 5.49. The van der Waals surface area contributed by atoms with E-state index in [1.165, 1.54) is 6.07 Å². The van der Waals surface area contributed by atoms with Crippen molar-refractivity contribution < 1.29 is 4.39 Å². The van der Waals surface area contributed by atoms with E-state index >= 15 is 0 Å². The van der Waals surface area contributed by atoms with Gasteiger partial charge in [-0.3, -0.25) is 4.99 Å². The van der Waals surface area contributed by atoms with Gasteiger partial charge in [0.05, 0.1) is 23.2 Å². The van der Waals surface area contributed by atoms with Gasteiger partial charge in [-0.1, -0.05) is 57.2 Å². The quantitative estimate of drug-likeness (QED) is 0.366. The molecular weight excluding hydrogens is 415 g/mol. The number of hydrogen-bond donors (Lipinski definition) is 3. The Hall–Kier alpha value is -3.48. The number of hydrogen-bond acceptors (Lipinski definition) is 6. The summed E-state index contributed by atoms with van der Waals surface area (Å²) < 4.78 is 14.0. The van der Waals surface area contributed by atoms with Gasteiger partial charge in [0.1, 0.15) is 17.5 Å². The van der Waals surface area contributed by atoms with Crippen molar-refractivity contribution >= 4 is 23.0 Å². The maximum atomic E-state index is 14.0. The minimum atomic E-state index is -0.544. The van der Waals surface area contributed by atoms with Crippen LogP contribution in [0.4, 0.5) is 16.0 Å². The van der Waals surface area contributed by atoms with Crippen LogP contribution >= 0.6 is 0 Å². The lowest BCUT2D eigenvalue weighted by Gasteiger charge is -2.28. The van der Waals surface area contributed by atoms with Gasteiger partial charge in [-0.05, 0) is 38.3 Å². The molecule has 1 atom stereocenters. The number of nitrogens with zero attached hydrogens (tertiary/aromatic N) is 3. The van der Waals surface area contributed by atoms with Crippen LogP contribution in [0.15, 0.2) is 59.3 Å². The van der Waals surface area contributed by atoms with Crippen molar-refractivity contribution in [2.75, 3.05) is 11.1 Å². The van der Waals surface area contributed by atoms with Crippen LogP contribution in [0.1, 0.15) is 63.9 Å². The highest BCUT2D eigenvalue weighted by atomic mass is 19.1. The fraction of sp³-hybridized carbons (Fsp3) is 0.346. The SMILES string of the molecule is C=C(CCC)C1(C)C(=C)Nc2nc(C(N)=C(C)C(CC)=NCc3ccccc3F)nc(N)c21. The summed E-state index contributed by atoms with van der Waals surface area (Å²) in [6.07, 6.45) is 2.44. The molecule has 3 rings (SSSR count). The van der Waals surface area contributed by atoms with E-state index in [2.05, 4.69) is 40.4 Å². The molecule has 0 saturated heterocycles. The van der Waals surface area contributed by atoms with Crippen molar-refractivity contribution in [1.29, 1.82) is 0 Å². The van der Waals surface area contributed by atoms with Gasteiger partial charge in [0.25, 0.3) is 0 Å². The zero-order valence-electron chi connectivity index (χ0n) is 19.9. The van der Waals surface area contributed by atoms with Gasteiger partial charge in [-0.2, -0.15) is 0 Å². The highest BCUT2D eigenvalue weighted by Gasteiger charge is 2.43. The van der Waals surface area contributed by atoms with E-state index in [-0.39, 0.29) is 12.4 Å². The van der Waals surface area contributed by atoms with Gasteiger partial charge in [-0.15, -0.1) is 0 Å². The topological polar surface area (TPSA) is 102 Å². The molecule has 0 amide bonds. The summed E-state index contributed by atoms with van der Waals surface area (Å²) in [4.78, 5) is 13.8. The second-order valence-electron chi connectivity index (χ2n) is 8.48. The summed E-state index contributed by atoms with van der Waals surface area (Å²) in [6, 6.07) is 6.61. The molecule has 1 aliphatic rings. The number of anilines is 2. The molecule has 5 N–H and O–H groups in total. The number of halogens is 1. The van der Waals surface area contributed by atoms with Crippen LogP contribution < -0.4 is 16.8 Å². The molecule has 0 fully saturated rings. The molecule has 0 aliphatic carbocycles. The molecule has 0 radical (unpaired) electrons. The van der Waals surface area contributed by atoms with Crippen molar-refractivity contribution in [1.82, 2.24) is 9.97 Å². The Morgan fingerprint density at radius 2 is 1.94 bits per heavy atom. The first-order valence-corrected chi connectivity index (χ1v) is 11.2. The minimum absolute atomic E-state index is 0.229. The van der Waals surface area contributed by atoms with Crippen LogP contribution in [0.25, 0.3) is 5.70 Å². The summed E-state index contributed by atoms with van der Waals surface area (Å²) in [5.41, 5.74) is 17.3. The van der Waals surface area contributed by atoms with Gasteiger partial charge in [-0.25, -0.2) is 14.4 Å². The maximum Gasteiger partial charge on any atom is 0.179 e. The molecule has 2 aromatic rings. The molecule has 1 aromatic carbocycles. The third kappa shape index (κ3) is 4.40. The fourth-order valence-electron chi connectivity index (χ4n) is 4.17. The average molecular weight is 449 g/mol. The van der Waals surface area contributed by atoms with Gasteiger partial charge >= 0.3 is 0 Å². The lowest BCUT2D eigenvalue weighted by molar-refractivity contribution is 0.611. The molecule has 0 bridgehead atoms. The first kappa shape index (κ1) is 24.2. The van der Waals surface area contributed by atoms with Gasteiger partial charge in [0.15, 0.2) is 5.82 Å². The molecule has 0 saturated carbocycles. The molecule has 6 nitrogen and oxygen atoms in total. The van der Waals surface area contributed by atoms with Crippen LogP contribution in [0.2, 0.25) is 0 Å². The Morgan fingerprint density at radius 1 is 1.24 bits per heavy atom.